The van der Waals surface area contributed by atoms with Gasteiger partial charge in [0.15, 0.2) is 0 Å². The van der Waals surface area contributed by atoms with Gasteiger partial charge in [-0.3, -0.25) is 14.2 Å². The van der Waals surface area contributed by atoms with Crippen LogP contribution in [-0.2, 0) is 24.8 Å². The van der Waals surface area contributed by atoms with E-state index in [9.17, 15) is 21.6 Å². The zero-order chi connectivity index (χ0) is 40.6. The van der Waals surface area contributed by atoms with Gasteiger partial charge in [0.25, 0.3) is 10.0 Å². The summed E-state index contributed by atoms with van der Waals surface area (Å²) in [5.74, 6) is 0.0325. The highest BCUT2D eigenvalue weighted by atomic mass is 32.2. The van der Waals surface area contributed by atoms with Gasteiger partial charge in [0.1, 0.15) is 0 Å². The first-order valence-electron chi connectivity index (χ1n) is 20.5. The van der Waals surface area contributed by atoms with Crippen LogP contribution in [0.4, 0.5) is 28.4 Å². The second-order valence-electron chi connectivity index (χ2n) is 16.0. The van der Waals surface area contributed by atoms with Crippen molar-refractivity contribution in [2.75, 3.05) is 26.3 Å². The molecule has 4 N–H and O–H groups in total. The van der Waals surface area contributed by atoms with Crippen LogP contribution >= 0.6 is 0 Å². The fraction of sp³-hybridized carbons (Fsp3) is 0.568. The summed E-state index contributed by atoms with van der Waals surface area (Å²) in [6.45, 7) is 14.5. The second kappa shape index (κ2) is 22.2. The van der Waals surface area contributed by atoms with Crippen LogP contribution in [0.5, 0.6) is 0 Å². The normalized spacial score (nSPS) is 12.1. The summed E-state index contributed by atoms with van der Waals surface area (Å²) in [5.41, 5.74) is 4.87. The Morgan fingerprint density at radius 2 is 1.09 bits per heavy atom. The number of nitrogens with one attached hydrogen (secondary N) is 4. The maximum absolute atomic E-state index is 14.3. The van der Waals surface area contributed by atoms with E-state index in [1.54, 1.807) is 42.5 Å². The summed E-state index contributed by atoms with van der Waals surface area (Å²) in [5, 5.41) is 6.31. The van der Waals surface area contributed by atoms with Gasteiger partial charge in [-0.2, -0.15) is 0 Å². The maximum atomic E-state index is 14.3. The van der Waals surface area contributed by atoms with Crippen molar-refractivity contribution in [3.63, 3.8) is 0 Å². The highest BCUT2D eigenvalue weighted by Crippen LogP contribution is 2.37. The fourth-order valence-corrected chi connectivity index (χ4v) is 9.08. The van der Waals surface area contributed by atoms with Gasteiger partial charge in [-0.05, 0) is 77.3 Å². The first kappa shape index (κ1) is 45.8. The summed E-state index contributed by atoms with van der Waals surface area (Å²) in [4.78, 5) is 13.6. The molecule has 0 aliphatic carbocycles. The van der Waals surface area contributed by atoms with Gasteiger partial charge in [-0.1, -0.05) is 144 Å². The molecule has 1 amide bonds. The maximum Gasteiger partial charge on any atom is 0.262 e. The third-order valence-corrected chi connectivity index (χ3v) is 12.0. The molecule has 3 rings (SSSR count). The molecule has 55 heavy (non-hydrogen) atoms. The van der Waals surface area contributed by atoms with Crippen LogP contribution in [0.2, 0.25) is 0 Å². The Kier molecular flexibility index (Phi) is 18.5. The smallest absolute Gasteiger partial charge is 0.262 e. The number of benzene rings is 3. The van der Waals surface area contributed by atoms with Gasteiger partial charge in [0, 0.05) is 12.1 Å². The summed E-state index contributed by atoms with van der Waals surface area (Å²) >= 11 is 0. The average Bonchev–Trinajstić information content (AvgIpc) is 3.10. The number of sulfonamides is 2. The lowest BCUT2D eigenvalue weighted by Gasteiger charge is -2.23. The van der Waals surface area contributed by atoms with Gasteiger partial charge >= 0.3 is 0 Å². The van der Waals surface area contributed by atoms with Crippen molar-refractivity contribution in [3.05, 3.63) is 71.3 Å². The number of hydrogen-bond donors (Lipinski definition) is 4. The summed E-state index contributed by atoms with van der Waals surface area (Å²) < 4.78 is 57.6. The molecule has 11 heteroatoms. The van der Waals surface area contributed by atoms with Crippen molar-refractivity contribution in [2.24, 2.45) is 0 Å². The molecule has 9 nitrogen and oxygen atoms in total. The number of hydrogen-bond acceptors (Lipinski definition) is 6. The molecule has 0 saturated carbocycles. The van der Waals surface area contributed by atoms with Gasteiger partial charge in [0.2, 0.25) is 15.9 Å². The monoisotopic (exact) mass is 796 g/mol. The highest BCUT2D eigenvalue weighted by Gasteiger charge is 2.27. The number of anilines is 5. The minimum atomic E-state index is -4.03. The summed E-state index contributed by atoms with van der Waals surface area (Å²) in [6.07, 6.45) is 17.3. The SMILES string of the molecule is CCCCCCCCCCCCCCCC(=O)Nc1cc(NS(=O)(=O)c2c(C(C)C)cc(C(C)C)cc2C(C)C)ccc1Nc1cccc(NS(C)(=O)=O)c1. The Hall–Kier alpha value is -3.57. The standard InChI is InChI=1S/C44H68N4O5S2/c1-9-10-11-12-13-14-15-16-17-18-19-20-21-25-43(49)46-42-31-38(26-27-41(42)45-36-23-22-24-37(30-36)47-54(8,50)51)48-55(52,53)44-39(33(4)5)28-35(32(2)3)29-40(44)34(6)7/h22-24,26-34,45,47-48H,9-21,25H2,1-8H3,(H,46,49). The van der Waals surface area contributed by atoms with E-state index in [1.807, 2.05) is 39.8 Å². The Morgan fingerprint density at radius 1 is 0.582 bits per heavy atom. The van der Waals surface area contributed by atoms with E-state index in [-0.39, 0.29) is 23.7 Å². The molecule has 0 heterocycles. The molecule has 0 aliphatic heterocycles. The molecule has 0 fully saturated rings. The molecule has 0 saturated heterocycles. The van der Waals surface area contributed by atoms with Crippen molar-refractivity contribution >= 4 is 54.4 Å². The lowest BCUT2D eigenvalue weighted by atomic mass is 9.89. The van der Waals surface area contributed by atoms with E-state index >= 15 is 0 Å². The Labute approximate surface area is 333 Å². The van der Waals surface area contributed by atoms with E-state index in [0.717, 1.165) is 42.2 Å². The largest absolute Gasteiger partial charge is 0.354 e. The number of carbonyl (C=O) groups excluding carboxylic acids is 1. The number of rotatable bonds is 25. The van der Waals surface area contributed by atoms with Gasteiger partial charge < -0.3 is 10.6 Å². The first-order valence-corrected chi connectivity index (χ1v) is 23.9. The molecule has 0 aromatic heterocycles. The number of carbonyl (C=O) groups is 1. The lowest BCUT2D eigenvalue weighted by molar-refractivity contribution is -0.116. The van der Waals surface area contributed by atoms with Crippen molar-refractivity contribution < 1.29 is 21.6 Å². The highest BCUT2D eigenvalue weighted by molar-refractivity contribution is 7.93. The van der Waals surface area contributed by atoms with Crippen LogP contribution in [0.15, 0.2) is 59.5 Å². The molecule has 0 aliphatic rings. The fourth-order valence-electron chi connectivity index (χ4n) is 6.77. The van der Waals surface area contributed by atoms with E-state index in [1.165, 1.54) is 64.2 Å². The summed E-state index contributed by atoms with van der Waals surface area (Å²) in [6, 6.07) is 15.8. The van der Waals surface area contributed by atoms with Gasteiger partial charge in [-0.15, -0.1) is 0 Å². The van der Waals surface area contributed by atoms with E-state index in [0.29, 0.717) is 39.8 Å². The van der Waals surface area contributed by atoms with Crippen molar-refractivity contribution in [3.8, 4) is 0 Å². The van der Waals surface area contributed by atoms with E-state index in [4.69, 9.17) is 0 Å². The molecule has 0 spiro atoms. The lowest BCUT2D eigenvalue weighted by Crippen LogP contribution is -2.19. The van der Waals surface area contributed by atoms with Crippen LogP contribution < -0.4 is 20.1 Å². The summed E-state index contributed by atoms with van der Waals surface area (Å²) in [7, 11) is -7.52. The van der Waals surface area contributed by atoms with Gasteiger partial charge in [0.05, 0.1) is 33.9 Å². The van der Waals surface area contributed by atoms with Crippen molar-refractivity contribution in [1.82, 2.24) is 0 Å². The van der Waals surface area contributed by atoms with Crippen LogP contribution in [-0.4, -0.2) is 29.0 Å². The molecule has 0 unspecified atom stereocenters. The molecular weight excluding hydrogens is 729 g/mol. The topological polar surface area (TPSA) is 133 Å². The van der Waals surface area contributed by atoms with Crippen molar-refractivity contribution in [1.29, 1.82) is 0 Å². The van der Waals surface area contributed by atoms with Crippen molar-refractivity contribution in [2.45, 2.75) is 161 Å². The average molecular weight is 797 g/mol. The molecule has 3 aromatic rings. The zero-order valence-corrected chi connectivity index (χ0v) is 36.3. The minimum Gasteiger partial charge on any atom is -0.354 e. The molecule has 0 bridgehead atoms. The van der Waals surface area contributed by atoms with Crippen LogP contribution in [0.25, 0.3) is 0 Å². The molecule has 0 atom stereocenters. The first-order chi connectivity index (χ1) is 26.0. The minimum absolute atomic E-state index is 0.0257. The van der Waals surface area contributed by atoms with Crippen LogP contribution in [0.3, 0.4) is 0 Å². The second-order valence-corrected chi connectivity index (χ2v) is 19.3. The Balaban J connectivity index is 1.78. The quantitative estimate of drug-likeness (QED) is 0.0631. The molecule has 3 aromatic carbocycles. The van der Waals surface area contributed by atoms with Gasteiger partial charge in [-0.25, -0.2) is 16.8 Å². The predicted molar refractivity (Wildman–Crippen MR) is 233 cm³/mol. The number of amides is 1. The van der Waals surface area contributed by atoms with Crippen LogP contribution in [0.1, 0.15) is 173 Å². The molecule has 0 radical (unpaired) electrons. The Bertz CT molecular complexity index is 1860. The van der Waals surface area contributed by atoms with E-state index < -0.39 is 20.0 Å². The van der Waals surface area contributed by atoms with E-state index in [2.05, 4.69) is 40.8 Å². The zero-order valence-electron chi connectivity index (χ0n) is 34.7. The third kappa shape index (κ3) is 15.8. The molecular formula is C44H68N4O5S2. The molecule has 306 valence electrons. The Morgan fingerprint density at radius 3 is 1.60 bits per heavy atom. The van der Waals surface area contributed by atoms with Crippen LogP contribution in [0, 0.1) is 0 Å². The number of unbranched alkanes of at least 4 members (excludes halogenated alkanes) is 12. The predicted octanol–water partition coefficient (Wildman–Crippen LogP) is 12.4. The third-order valence-electron chi connectivity index (χ3n) is 9.85.